The fraction of sp³-hybridized carbons (Fsp3) is 0.727. The van der Waals surface area contributed by atoms with Gasteiger partial charge in [-0.15, -0.1) is 0 Å². The molecule has 2 amide bonds. The number of amides is 2. The zero-order valence-electron chi connectivity index (χ0n) is 9.52. The summed E-state index contributed by atoms with van der Waals surface area (Å²) < 4.78 is 0. The maximum atomic E-state index is 11.8. The van der Waals surface area contributed by atoms with Gasteiger partial charge < -0.3 is 0 Å². The number of nitrogens with zero attached hydrogens (tertiary/aromatic N) is 2. The minimum Gasteiger partial charge on any atom is -0.274 e. The maximum absolute atomic E-state index is 11.8. The van der Waals surface area contributed by atoms with Crippen LogP contribution in [0.1, 0.15) is 27.7 Å². The van der Waals surface area contributed by atoms with Crippen molar-refractivity contribution in [2.45, 2.75) is 33.7 Å². The SMILES string of the molecule is CC(C)C(C#N)N1C(=O)C(C)C(C)C1=O. The van der Waals surface area contributed by atoms with Gasteiger partial charge in [-0.05, 0) is 5.92 Å². The summed E-state index contributed by atoms with van der Waals surface area (Å²) in [7, 11) is 0. The van der Waals surface area contributed by atoms with E-state index in [1.54, 1.807) is 13.8 Å². The summed E-state index contributed by atoms with van der Waals surface area (Å²) in [6.07, 6.45) is 0. The monoisotopic (exact) mass is 208 g/mol. The van der Waals surface area contributed by atoms with E-state index in [4.69, 9.17) is 5.26 Å². The average molecular weight is 208 g/mol. The molecule has 0 radical (unpaired) electrons. The van der Waals surface area contributed by atoms with Crippen molar-refractivity contribution in [1.82, 2.24) is 4.90 Å². The highest BCUT2D eigenvalue weighted by molar-refractivity contribution is 6.05. The summed E-state index contributed by atoms with van der Waals surface area (Å²) in [4.78, 5) is 24.7. The first-order chi connectivity index (χ1) is 6.91. The second kappa shape index (κ2) is 4.01. The van der Waals surface area contributed by atoms with Gasteiger partial charge in [0.05, 0.1) is 6.07 Å². The number of likely N-dealkylation sites (tertiary alicyclic amines) is 1. The molecule has 0 aromatic carbocycles. The highest BCUT2D eigenvalue weighted by atomic mass is 16.2. The molecule has 82 valence electrons. The summed E-state index contributed by atoms with van der Waals surface area (Å²) in [6.45, 7) is 7.14. The van der Waals surface area contributed by atoms with Gasteiger partial charge in [0.25, 0.3) is 0 Å². The first-order valence-corrected chi connectivity index (χ1v) is 5.18. The third-order valence-corrected chi connectivity index (χ3v) is 3.05. The van der Waals surface area contributed by atoms with Crippen LogP contribution < -0.4 is 0 Å². The van der Waals surface area contributed by atoms with Crippen molar-refractivity contribution >= 4 is 11.8 Å². The largest absolute Gasteiger partial charge is 0.274 e. The number of hydrogen-bond donors (Lipinski definition) is 0. The fourth-order valence-corrected chi connectivity index (χ4v) is 1.75. The van der Waals surface area contributed by atoms with E-state index in [2.05, 4.69) is 0 Å². The molecule has 0 bridgehead atoms. The van der Waals surface area contributed by atoms with E-state index in [0.717, 1.165) is 4.90 Å². The Morgan fingerprint density at radius 2 is 1.60 bits per heavy atom. The average Bonchev–Trinajstić information content (AvgIpc) is 2.36. The number of imide groups is 1. The van der Waals surface area contributed by atoms with Gasteiger partial charge >= 0.3 is 0 Å². The Labute approximate surface area is 89.9 Å². The fourth-order valence-electron chi connectivity index (χ4n) is 1.75. The molecule has 1 aliphatic rings. The molecule has 0 aromatic heterocycles. The molecule has 0 saturated carbocycles. The molecule has 0 aliphatic carbocycles. The van der Waals surface area contributed by atoms with Gasteiger partial charge in [0, 0.05) is 11.8 Å². The van der Waals surface area contributed by atoms with E-state index in [-0.39, 0.29) is 29.6 Å². The molecule has 3 unspecified atom stereocenters. The van der Waals surface area contributed by atoms with Gasteiger partial charge in [0.15, 0.2) is 0 Å². The zero-order chi connectivity index (χ0) is 11.7. The molecule has 1 rings (SSSR count). The maximum Gasteiger partial charge on any atom is 0.233 e. The first-order valence-electron chi connectivity index (χ1n) is 5.18. The topological polar surface area (TPSA) is 61.2 Å². The Kier molecular flexibility index (Phi) is 3.13. The number of carbonyl (C=O) groups is 2. The van der Waals surface area contributed by atoms with Crippen LogP contribution in [-0.4, -0.2) is 22.8 Å². The van der Waals surface area contributed by atoms with E-state index in [1.165, 1.54) is 0 Å². The molecule has 4 heteroatoms. The number of rotatable bonds is 2. The molecule has 1 aliphatic heterocycles. The van der Waals surface area contributed by atoms with Crippen molar-refractivity contribution in [3.05, 3.63) is 0 Å². The highest BCUT2D eigenvalue weighted by Crippen LogP contribution is 2.28. The first kappa shape index (κ1) is 11.7. The summed E-state index contributed by atoms with van der Waals surface area (Å²) in [5.74, 6) is -1.06. The second-order valence-electron chi connectivity index (χ2n) is 4.44. The van der Waals surface area contributed by atoms with Gasteiger partial charge in [-0.25, -0.2) is 0 Å². The van der Waals surface area contributed by atoms with Crippen LogP contribution >= 0.6 is 0 Å². The Hall–Kier alpha value is -1.37. The summed E-state index contributed by atoms with van der Waals surface area (Å²) in [6, 6.07) is 1.40. The third kappa shape index (κ3) is 1.74. The van der Waals surface area contributed by atoms with Crippen LogP contribution in [0.2, 0.25) is 0 Å². The molecule has 1 heterocycles. The van der Waals surface area contributed by atoms with E-state index >= 15 is 0 Å². The molecule has 1 saturated heterocycles. The lowest BCUT2D eigenvalue weighted by Crippen LogP contribution is -2.42. The van der Waals surface area contributed by atoms with Crippen LogP contribution in [0.25, 0.3) is 0 Å². The Balaban J connectivity index is 3.01. The quantitative estimate of drug-likeness (QED) is 0.640. The molecule has 1 fully saturated rings. The van der Waals surface area contributed by atoms with Gasteiger partial charge in [-0.1, -0.05) is 27.7 Å². The molecule has 0 N–H and O–H groups in total. The van der Waals surface area contributed by atoms with Crippen LogP contribution in [0.15, 0.2) is 0 Å². The standard InChI is InChI=1S/C11H16N2O2/c1-6(2)9(5-12)13-10(14)7(3)8(4)11(13)15/h6-9H,1-4H3. The summed E-state index contributed by atoms with van der Waals surface area (Å²) in [5.41, 5.74) is 0. The highest BCUT2D eigenvalue weighted by Gasteiger charge is 2.46. The number of carbonyl (C=O) groups excluding carboxylic acids is 2. The Morgan fingerprint density at radius 1 is 1.20 bits per heavy atom. The van der Waals surface area contributed by atoms with Crippen molar-refractivity contribution < 1.29 is 9.59 Å². The lowest BCUT2D eigenvalue weighted by molar-refractivity contribution is -0.142. The van der Waals surface area contributed by atoms with Crippen molar-refractivity contribution in [1.29, 1.82) is 5.26 Å². The van der Waals surface area contributed by atoms with E-state index < -0.39 is 6.04 Å². The van der Waals surface area contributed by atoms with E-state index in [1.807, 2.05) is 19.9 Å². The predicted molar refractivity (Wildman–Crippen MR) is 54.4 cm³/mol. The van der Waals surface area contributed by atoms with Crippen LogP contribution in [0.5, 0.6) is 0 Å². The summed E-state index contributed by atoms with van der Waals surface area (Å²) in [5, 5.41) is 8.97. The van der Waals surface area contributed by atoms with Gasteiger partial charge in [-0.3, -0.25) is 14.5 Å². The number of hydrogen-bond acceptors (Lipinski definition) is 3. The minimum atomic E-state index is -0.627. The molecule has 3 atom stereocenters. The molecular formula is C11H16N2O2. The van der Waals surface area contributed by atoms with E-state index in [0.29, 0.717) is 0 Å². The van der Waals surface area contributed by atoms with Crippen LogP contribution in [0, 0.1) is 29.1 Å². The smallest absolute Gasteiger partial charge is 0.233 e. The lowest BCUT2D eigenvalue weighted by Gasteiger charge is -2.23. The summed E-state index contributed by atoms with van der Waals surface area (Å²) >= 11 is 0. The van der Waals surface area contributed by atoms with Crippen molar-refractivity contribution in [3.63, 3.8) is 0 Å². The molecule has 15 heavy (non-hydrogen) atoms. The molecule has 0 aromatic rings. The second-order valence-corrected chi connectivity index (χ2v) is 4.44. The molecular weight excluding hydrogens is 192 g/mol. The lowest BCUT2D eigenvalue weighted by atomic mass is 10.00. The van der Waals surface area contributed by atoms with Crippen LogP contribution in [-0.2, 0) is 9.59 Å². The van der Waals surface area contributed by atoms with Crippen molar-refractivity contribution in [2.24, 2.45) is 17.8 Å². The Bertz CT molecular complexity index is 310. The number of nitriles is 1. The van der Waals surface area contributed by atoms with Crippen molar-refractivity contribution in [3.8, 4) is 6.07 Å². The van der Waals surface area contributed by atoms with Gasteiger partial charge in [0.1, 0.15) is 6.04 Å². The minimum absolute atomic E-state index is 0.0274. The molecule has 0 spiro atoms. The van der Waals surface area contributed by atoms with Crippen LogP contribution in [0.3, 0.4) is 0 Å². The van der Waals surface area contributed by atoms with E-state index in [9.17, 15) is 9.59 Å². The van der Waals surface area contributed by atoms with Crippen molar-refractivity contribution in [2.75, 3.05) is 0 Å². The molecule has 4 nitrogen and oxygen atoms in total. The van der Waals surface area contributed by atoms with Crippen LogP contribution in [0.4, 0.5) is 0 Å². The van der Waals surface area contributed by atoms with Gasteiger partial charge in [0.2, 0.25) is 11.8 Å². The predicted octanol–water partition coefficient (Wildman–Crippen LogP) is 1.18. The van der Waals surface area contributed by atoms with Gasteiger partial charge in [-0.2, -0.15) is 5.26 Å². The Morgan fingerprint density at radius 3 is 1.87 bits per heavy atom. The zero-order valence-corrected chi connectivity index (χ0v) is 9.52. The third-order valence-electron chi connectivity index (χ3n) is 3.05. The normalized spacial score (nSPS) is 28.4.